The van der Waals surface area contributed by atoms with Crippen molar-refractivity contribution in [3.63, 3.8) is 0 Å². The summed E-state index contributed by atoms with van der Waals surface area (Å²) in [6.07, 6.45) is 4.37. The minimum Gasteiger partial charge on any atom is -0.365 e. The number of carbonyl (C=O) groups is 3. The van der Waals surface area contributed by atoms with E-state index in [4.69, 9.17) is 0 Å². The Bertz CT molecular complexity index is 1960. The molecule has 2 N–H and O–H groups in total. The molecule has 0 fully saturated rings. The van der Waals surface area contributed by atoms with Crippen molar-refractivity contribution in [2.24, 2.45) is 0 Å². The molecule has 0 unspecified atom stereocenters. The number of hydrogen-bond acceptors (Lipinski definition) is 5. The van der Waals surface area contributed by atoms with E-state index in [1.54, 1.807) is 60.5 Å². The molecule has 10 heteroatoms. The maximum atomic E-state index is 14.0. The second-order valence-corrected chi connectivity index (χ2v) is 11.5. The molecule has 0 saturated heterocycles. The lowest BCUT2D eigenvalue weighted by atomic mass is 9.94. The number of carbonyl (C=O) groups excluding carboxylic acids is 3. The Morgan fingerprint density at radius 3 is 2.31 bits per heavy atom. The van der Waals surface area contributed by atoms with Gasteiger partial charge in [0, 0.05) is 55.3 Å². The second kappa shape index (κ2) is 14.3. The lowest BCUT2D eigenvalue weighted by Gasteiger charge is -2.27. The third-order valence-electron chi connectivity index (χ3n) is 8.29. The molecule has 1 aromatic heterocycles. The van der Waals surface area contributed by atoms with Crippen LogP contribution in [0.4, 0.5) is 30.6 Å². The number of pyridine rings is 1. The summed E-state index contributed by atoms with van der Waals surface area (Å²) in [5.41, 5.74) is 4.69. The van der Waals surface area contributed by atoms with E-state index in [2.05, 4.69) is 20.5 Å². The number of amides is 3. The fourth-order valence-electron chi connectivity index (χ4n) is 5.91. The van der Waals surface area contributed by atoms with Gasteiger partial charge in [0.05, 0.1) is 11.4 Å². The van der Waals surface area contributed by atoms with Gasteiger partial charge < -0.3 is 20.4 Å². The van der Waals surface area contributed by atoms with Gasteiger partial charge in [0.15, 0.2) is 5.78 Å². The molecule has 0 bridgehead atoms. The van der Waals surface area contributed by atoms with E-state index in [0.717, 1.165) is 42.0 Å². The highest BCUT2D eigenvalue weighted by Gasteiger charge is 2.26. The lowest BCUT2D eigenvalue weighted by Crippen LogP contribution is -2.31. The van der Waals surface area contributed by atoms with Gasteiger partial charge in [0.2, 0.25) is 0 Å². The van der Waals surface area contributed by atoms with E-state index in [-0.39, 0.29) is 18.2 Å². The molecule has 0 spiro atoms. The normalized spacial score (nSPS) is 12.6. The number of nitrogens with zero attached hydrogens (tertiary/aromatic N) is 3. The average molecular weight is 646 g/mol. The van der Waals surface area contributed by atoms with Crippen LogP contribution < -0.4 is 20.4 Å². The lowest BCUT2D eigenvalue weighted by molar-refractivity contribution is 0.0984. The molecule has 4 aromatic carbocycles. The number of para-hydroxylation sites is 3. The third-order valence-corrected chi connectivity index (χ3v) is 8.29. The maximum Gasteiger partial charge on any atom is 0.319 e. The number of hydrogen-bond donors (Lipinski definition) is 2. The van der Waals surface area contributed by atoms with Crippen LogP contribution in [-0.2, 0) is 13.1 Å². The first-order chi connectivity index (χ1) is 23.3. The molecule has 3 amide bonds. The van der Waals surface area contributed by atoms with Gasteiger partial charge in [-0.15, -0.1) is 0 Å². The highest BCUT2D eigenvalue weighted by molar-refractivity contribution is 6.12. The van der Waals surface area contributed by atoms with E-state index in [1.165, 1.54) is 6.07 Å². The average Bonchev–Trinajstić information content (AvgIpc) is 3.28. The zero-order valence-electron chi connectivity index (χ0n) is 26.3. The monoisotopic (exact) mass is 645 g/mol. The highest BCUT2D eigenvalue weighted by Crippen LogP contribution is 2.34. The van der Waals surface area contributed by atoms with Crippen LogP contribution in [0.5, 0.6) is 0 Å². The summed E-state index contributed by atoms with van der Waals surface area (Å²) in [7, 11) is 0. The van der Waals surface area contributed by atoms with E-state index < -0.39 is 23.4 Å². The summed E-state index contributed by atoms with van der Waals surface area (Å²) < 4.78 is 27.9. The summed E-state index contributed by atoms with van der Waals surface area (Å²) in [6, 6.07) is 26.1. The molecule has 0 radical (unpaired) electrons. The van der Waals surface area contributed by atoms with Gasteiger partial charge in [-0.2, -0.15) is 0 Å². The van der Waals surface area contributed by atoms with Crippen molar-refractivity contribution in [3.05, 3.63) is 154 Å². The molecular weight excluding hydrogens is 612 g/mol. The Morgan fingerprint density at radius 1 is 0.812 bits per heavy atom. The zero-order chi connectivity index (χ0) is 33.6. The third kappa shape index (κ3) is 6.92. The summed E-state index contributed by atoms with van der Waals surface area (Å²) in [5.74, 6) is -2.24. The first-order valence-electron chi connectivity index (χ1n) is 15.6. The number of anilines is 3. The number of urea groups is 1. The second-order valence-electron chi connectivity index (χ2n) is 11.5. The molecule has 0 aliphatic carbocycles. The van der Waals surface area contributed by atoms with Gasteiger partial charge in [-0.3, -0.25) is 14.6 Å². The molecule has 6 rings (SSSR count). The van der Waals surface area contributed by atoms with Gasteiger partial charge in [-0.25, -0.2) is 13.6 Å². The van der Waals surface area contributed by atoms with Crippen LogP contribution in [0, 0.1) is 18.6 Å². The predicted octanol–water partition coefficient (Wildman–Crippen LogP) is 7.28. The number of rotatable bonds is 8. The van der Waals surface area contributed by atoms with Crippen molar-refractivity contribution in [2.45, 2.75) is 26.4 Å². The van der Waals surface area contributed by atoms with Crippen LogP contribution in [0.25, 0.3) is 0 Å². The maximum absolute atomic E-state index is 14.0. The summed E-state index contributed by atoms with van der Waals surface area (Å²) in [6.45, 7) is 3.71. The zero-order valence-corrected chi connectivity index (χ0v) is 26.3. The number of ketones is 1. The number of aryl methyl sites for hydroxylation is 1. The Balaban J connectivity index is 1.18. The SMILES string of the molecule is Cc1cc(C(=O)N2CCCN(Cc3cccnc3)c3ccccc32)ccc1C(=O)c1ccccc1CNC(=O)Nc1c(F)cccc1F. The molecule has 0 atom stereocenters. The fraction of sp³-hybridized carbons (Fsp3) is 0.158. The number of benzene rings is 4. The van der Waals surface area contributed by atoms with Crippen molar-refractivity contribution >= 4 is 34.8 Å². The van der Waals surface area contributed by atoms with Crippen LogP contribution in [0.1, 0.15) is 49.4 Å². The van der Waals surface area contributed by atoms with Crippen LogP contribution in [0.3, 0.4) is 0 Å². The summed E-state index contributed by atoms with van der Waals surface area (Å²) in [4.78, 5) is 48.5. The van der Waals surface area contributed by atoms with E-state index >= 15 is 0 Å². The van der Waals surface area contributed by atoms with Crippen molar-refractivity contribution in [2.75, 3.05) is 28.2 Å². The summed E-state index contributed by atoms with van der Waals surface area (Å²) in [5, 5.41) is 4.74. The smallest absolute Gasteiger partial charge is 0.319 e. The molecule has 1 aliphatic heterocycles. The van der Waals surface area contributed by atoms with Crippen molar-refractivity contribution in [1.82, 2.24) is 10.3 Å². The minimum atomic E-state index is -0.902. The molecule has 242 valence electrons. The molecular formula is C38H33F2N5O3. The van der Waals surface area contributed by atoms with Gasteiger partial charge in [0.1, 0.15) is 17.3 Å². The largest absolute Gasteiger partial charge is 0.365 e. The van der Waals surface area contributed by atoms with Crippen LogP contribution in [0.2, 0.25) is 0 Å². The van der Waals surface area contributed by atoms with E-state index in [1.807, 2.05) is 42.6 Å². The Kier molecular flexibility index (Phi) is 9.52. The van der Waals surface area contributed by atoms with Gasteiger partial charge >= 0.3 is 6.03 Å². The Labute approximate surface area is 277 Å². The molecule has 1 aliphatic rings. The number of halogens is 2. The molecule has 2 heterocycles. The first kappa shape index (κ1) is 32.1. The van der Waals surface area contributed by atoms with E-state index in [9.17, 15) is 23.2 Å². The Morgan fingerprint density at radius 2 is 1.56 bits per heavy atom. The van der Waals surface area contributed by atoms with Crippen LogP contribution in [0.15, 0.2) is 109 Å². The Hall–Kier alpha value is -5.90. The number of fused-ring (bicyclic) bond motifs is 1. The van der Waals surface area contributed by atoms with Crippen LogP contribution >= 0.6 is 0 Å². The van der Waals surface area contributed by atoms with Crippen molar-refractivity contribution < 1.29 is 23.2 Å². The first-order valence-corrected chi connectivity index (χ1v) is 15.6. The fourth-order valence-corrected chi connectivity index (χ4v) is 5.91. The molecule has 0 saturated carbocycles. The molecule has 5 aromatic rings. The summed E-state index contributed by atoms with van der Waals surface area (Å²) >= 11 is 0. The van der Waals surface area contributed by atoms with Gasteiger partial charge in [-0.1, -0.05) is 48.5 Å². The van der Waals surface area contributed by atoms with Gasteiger partial charge in [-0.05, 0) is 78.6 Å². The predicted molar refractivity (Wildman–Crippen MR) is 181 cm³/mol. The van der Waals surface area contributed by atoms with Crippen molar-refractivity contribution in [1.29, 1.82) is 0 Å². The number of nitrogens with one attached hydrogen (secondary N) is 2. The topological polar surface area (TPSA) is 94.6 Å². The van der Waals surface area contributed by atoms with Crippen molar-refractivity contribution in [3.8, 4) is 0 Å². The van der Waals surface area contributed by atoms with Gasteiger partial charge in [0.25, 0.3) is 5.91 Å². The highest BCUT2D eigenvalue weighted by atomic mass is 19.1. The minimum absolute atomic E-state index is 0.0639. The van der Waals surface area contributed by atoms with E-state index in [0.29, 0.717) is 40.9 Å². The molecule has 48 heavy (non-hydrogen) atoms. The molecule has 8 nitrogen and oxygen atoms in total. The number of aromatic nitrogens is 1. The van der Waals surface area contributed by atoms with Crippen LogP contribution in [-0.4, -0.2) is 35.8 Å². The standard InChI is InChI=1S/C38H33F2N5O3/c1-25-21-27(37(47)45-20-8-19-44(24-26-9-7-18-41-22-26)33-14-4-5-15-34(33)45)16-17-29(25)36(46)30-11-3-2-10-28(30)23-42-38(48)43-35-31(39)12-6-13-32(35)40/h2-7,9-18,21-22H,8,19-20,23-24H2,1H3,(H2,42,43,48). The quantitative estimate of drug-likeness (QED) is 0.173.